The molecule has 204 valence electrons. The van der Waals surface area contributed by atoms with Gasteiger partial charge in [-0.05, 0) is 54.2 Å². The van der Waals surface area contributed by atoms with Crippen LogP contribution in [-0.4, -0.2) is 71.8 Å². The monoisotopic (exact) mass is 536 g/mol. The van der Waals surface area contributed by atoms with Gasteiger partial charge < -0.3 is 13.9 Å². The minimum absolute atomic E-state index is 0.148. The average Bonchev–Trinajstić information content (AvgIpc) is 3.56. The Kier molecular flexibility index (Phi) is 8.70. The Labute approximate surface area is 226 Å². The third kappa shape index (κ3) is 6.89. The fourth-order valence-corrected chi connectivity index (χ4v) is 6.12. The summed E-state index contributed by atoms with van der Waals surface area (Å²) >= 11 is 0. The summed E-state index contributed by atoms with van der Waals surface area (Å²) in [4.78, 5) is 16.6. The van der Waals surface area contributed by atoms with Gasteiger partial charge in [-0.2, -0.15) is 0 Å². The van der Waals surface area contributed by atoms with Gasteiger partial charge in [0.25, 0.3) is 0 Å². The lowest BCUT2D eigenvalue weighted by atomic mass is 10.0. The summed E-state index contributed by atoms with van der Waals surface area (Å²) in [6, 6.07) is 17.4. The zero-order valence-electron chi connectivity index (χ0n) is 23.1. The predicted octanol–water partition coefficient (Wildman–Crippen LogP) is 6.10. The van der Waals surface area contributed by atoms with Crippen molar-refractivity contribution in [2.24, 2.45) is 0 Å². The van der Waals surface area contributed by atoms with Crippen LogP contribution >= 0.6 is 0 Å². The van der Waals surface area contributed by atoms with E-state index in [9.17, 15) is 9.90 Å². The van der Waals surface area contributed by atoms with Gasteiger partial charge in [0.2, 0.25) is 12.3 Å². The molecule has 2 aromatic carbocycles. The third-order valence-electron chi connectivity index (χ3n) is 7.91. The van der Waals surface area contributed by atoms with Crippen molar-refractivity contribution in [2.75, 3.05) is 26.2 Å². The number of hydrogen-bond acceptors (Lipinski definition) is 6. The quantitative estimate of drug-likeness (QED) is 0.313. The maximum Gasteiger partial charge on any atom is 0.407 e. The summed E-state index contributed by atoms with van der Waals surface area (Å²) in [7, 11) is -1.89. The summed E-state index contributed by atoms with van der Waals surface area (Å²) < 4.78 is 12.1. The van der Waals surface area contributed by atoms with E-state index in [0.29, 0.717) is 25.4 Å². The SMILES string of the molecule is CC(C)(C)[Si](C)(C)O[C@H]1CCN(C[C@H](c2cccc(-c3nnco3)c2)N(CCc2ccccc2)C(=O)O)C1. The molecule has 1 aliphatic rings. The van der Waals surface area contributed by atoms with Crippen LogP contribution < -0.4 is 0 Å². The number of carbonyl (C=O) groups is 1. The highest BCUT2D eigenvalue weighted by Gasteiger charge is 2.41. The standard InChI is InChI=1S/C29H40N4O4Si/c1-29(2,3)38(4,5)37-25-15-16-32(19-25)20-26(23-12-9-13-24(18-23)27-31-30-21-36-27)33(28(34)35)17-14-22-10-7-6-8-11-22/h6-13,18,21,25-26H,14-17,19-20H2,1-5H3,(H,34,35)/t25-,26+/m0/s1. The smallest absolute Gasteiger partial charge is 0.407 e. The molecule has 1 aromatic heterocycles. The van der Waals surface area contributed by atoms with Gasteiger partial charge in [-0.1, -0.05) is 63.2 Å². The highest BCUT2D eigenvalue weighted by atomic mass is 28.4. The van der Waals surface area contributed by atoms with Crippen LogP contribution in [0.25, 0.3) is 11.5 Å². The van der Waals surface area contributed by atoms with E-state index in [4.69, 9.17) is 8.84 Å². The van der Waals surface area contributed by atoms with Crippen LogP contribution in [0.1, 0.15) is 44.4 Å². The molecule has 38 heavy (non-hydrogen) atoms. The normalized spacial score (nSPS) is 17.4. The molecule has 2 heterocycles. The molecule has 0 bridgehead atoms. The summed E-state index contributed by atoms with van der Waals surface area (Å²) in [5.41, 5.74) is 2.80. The first kappa shape index (κ1) is 28.0. The van der Waals surface area contributed by atoms with Gasteiger partial charge in [0.1, 0.15) is 0 Å². The molecule has 3 aromatic rings. The van der Waals surface area contributed by atoms with E-state index < -0.39 is 14.4 Å². The largest absolute Gasteiger partial charge is 0.465 e. The van der Waals surface area contributed by atoms with Crippen molar-refractivity contribution in [2.45, 2.75) is 63.9 Å². The fraction of sp³-hybridized carbons (Fsp3) is 0.483. The highest BCUT2D eigenvalue weighted by Crippen LogP contribution is 2.38. The number of benzene rings is 2. The van der Waals surface area contributed by atoms with Crippen LogP contribution in [0.5, 0.6) is 0 Å². The molecule has 1 saturated heterocycles. The molecule has 0 radical (unpaired) electrons. The molecule has 1 fully saturated rings. The minimum atomic E-state index is -1.89. The Morgan fingerprint density at radius 1 is 1.21 bits per heavy atom. The Hall–Kier alpha value is -3.01. The zero-order chi connectivity index (χ0) is 27.3. The molecular formula is C29H40N4O4Si. The second-order valence-corrected chi connectivity index (χ2v) is 16.4. The maximum atomic E-state index is 12.6. The zero-order valence-corrected chi connectivity index (χ0v) is 24.1. The topological polar surface area (TPSA) is 91.9 Å². The minimum Gasteiger partial charge on any atom is -0.465 e. The van der Waals surface area contributed by atoms with Crippen molar-refractivity contribution < 1.29 is 18.7 Å². The van der Waals surface area contributed by atoms with E-state index in [0.717, 1.165) is 36.2 Å². The van der Waals surface area contributed by atoms with Gasteiger partial charge >= 0.3 is 6.09 Å². The highest BCUT2D eigenvalue weighted by molar-refractivity contribution is 6.74. The lowest BCUT2D eigenvalue weighted by molar-refractivity contribution is 0.107. The van der Waals surface area contributed by atoms with E-state index in [-0.39, 0.29) is 17.2 Å². The lowest BCUT2D eigenvalue weighted by Gasteiger charge is -2.38. The number of amides is 1. The Bertz CT molecular complexity index is 1180. The van der Waals surface area contributed by atoms with Crippen molar-refractivity contribution in [1.82, 2.24) is 20.0 Å². The molecule has 0 unspecified atom stereocenters. The van der Waals surface area contributed by atoms with Gasteiger partial charge in [0.15, 0.2) is 8.32 Å². The molecule has 0 saturated carbocycles. The number of nitrogens with zero attached hydrogens (tertiary/aromatic N) is 4. The molecule has 8 nitrogen and oxygen atoms in total. The van der Waals surface area contributed by atoms with Gasteiger partial charge in [0, 0.05) is 31.7 Å². The second-order valence-electron chi connectivity index (χ2n) is 11.6. The molecular weight excluding hydrogens is 496 g/mol. The van der Waals surface area contributed by atoms with Crippen molar-refractivity contribution in [3.05, 3.63) is 72.1 Å². The van der Waals surface area contributed by atoms with E-state index in [1.54, 1.807) is 4.90 Å². The molecule has 2 atom stereocenters. The van der Waals surface area contributed by atoms with Gasteiger partial charge in [0.05, 0.1) is 12.1 Å². The van der Waals surface area contributed by atoms with Crippen LogP contribution in [0, 0.1) is 0 Å². The molecule has 1 aliphatic heterocycles. The molecule has 1 N–H and O–H groups in total. The van der Waals surface area contributed by atoms with E-state index in [1.165, 1.54) is 6.39 Å². The van der Waals surface area contributed by atoms with Crippen LogP contribution in [0.4, 0.5) is 4.79 Å². The van der Waals surface area contributed by atoms with Gasteiger partial charge in [-0.15, -0.1) is 10.2 Å². The maximum absolute atomic E-state index is 12.6. The van der Waals surface area contributed by atoms with Crippen LogP contribution in [0.2, 0.25) is 18.1 Å². The number of carboxylic acid groups (broad SMARTS) is 1. The van der Waals surface area contributed by atoms with Crippen LogP contribution in [-0.2, 0) is 10.8 Å². The van der Waals surface area contributed by atoms with Crippen molar-refractivity contribution in [3.63, 3.8) is 0 Å². The first-order chi connectivity index (χ1) is 18.0. The van der Waals surface area contributed by atoms with E-state index >= 15 is 0 Å². The Balaban J connectivity index is 1.57. The second kappa shape index (κ2) is 11.8. The number of rotatable bonds is 10. The molecule has 0 aliphatic carbocycles. The molecule has 1 amide bonds. The van der Waals surface area contributed by atoms with Crippen LogP contribution in [0.3, 0.4) is 0 Å². The first-order valence-electron chi connectivity index (χ1n) is 13.3. The summed E-state index contributed by atoms with van der Waals surface area (Å²) in [5, 5.41) is 18.3. The Morgan fingerprint density at radius 2 is 1.97 bits per heavy atom. The van der Waals surface area contributed by atoms with Crippen LogP contribution in [0.15, 0.2) is 65.4 Å². The average molecular weight is 537 g/mol. The predicted molar refractivity (Wildman–Crippen MR) is 150 cm³/mol. The van der Waals surface area contributed by atoms with E-state index in [1.807, 2.05) is 54.6 Å². The summed E-state index contributed by atoms with van der Waals surface area (Å²) in [5.74, 6) is 0.417. The molecule has 0 spiro atoms. The lowest BCUT2D eigenvalue weighted by Crippen LogP contribution is -2.45. The van der Waals surface area contributed by atoms with Gasteiger partial charge in [-0.25, -0.2) is 4.79 Å². The van der Waals surface area contributed by atoms with Crippen molar-refractivity contribution in [3.8, 4) is 11.5 Å². The molecule has 4 rings (SSSR count). The number of likely N-dealkylation sites (tertiary alicyclic amines) is 1. The number of hydrogen-bond donors (Lipinski definition) is 1. The summed E-state index contributed by atoms with van der Waals surface area (Å²) in [6.07, 6.45) is 2.14. The van der Waals surface area contributed by atoms with Gasteiger partial charge in [-0.3, -0.25) is 9.80 Å². The molecule has 9 heteroatoms. The van der Waals surface area contributed by atoms with Crippen molar-refractivity contribution in [1.29, 1.82) is 0 Å². The van der Waals surface area contributed by atoms with Crippen molar-refractivity contribution >= 4 is 14.4 Å². The fourth-order valence-electron chi connectivity index (χ4n) is 4.74. The third-order valence-corrected chi connectivity index (χ3v) is 12.4. The van der Waals surface area contributed by atoms with E-state index in [2.05, 4.69) is 49.0 Å². The summed E-state index contributed by atoms with van der Waals surface area (Å²) in [6.45, 7) is 14.0. The first-order valence-corrected chi connectivity index (χ1v) is 16.2. The number of aromatic nitrogens is 2. The Morgan fingerprint density at radius 3 is 2.63 bits per heavy atom.